The maximum atomic E-state index is 13.5. The van der Waals surface area contributed by atoms with Crippen molar-refractivity contribution in [2.75, 3.05) is 18.1 Å². The van der Waals surface area contributed by atoms with Crippen LogP contribution >= 0.6 is 0 Å². The van der Waals surface area contributed by atoms with Gasteiger partial charge in [0.1, 0.15) is 30.2 Å². The number of anilines is 1. The number of imidazole rings is 1. The Bertz CT molecular complexity index is 1480. The molecule has 1 unspecified atom stereocenters. The predicted octanol–water partition coefficient (Wildman–Crippen LogP) is 5.97. The minimum atomic E-state index is -2.05. The smallest absolute Gasteiger partial charge is 0.416 e. The van der Waals surface area contributed by atoms with E-state index in [0.29, 0.717) is 42.9 Å². The van der Waals surface area contributed by atoms with Crippen LogP contribution in [0.5, 0.6) is 0 Å². The molecule has 3 aliphatic heterocycles. The summed E-state index contributed by atoms with van der Waals surface area (Å²) >= 11 is 0. The van der Waals surface area contributed by atoms with Crippen molar-refractivity contribution in [2.45, 2.75) is 134 Å². The van der Waals surface area contributed by atoms with Crippen LogP contribution in [0, 0.1) is 12.3 Å². The molecule has 5 heterocycles. The lowest BCUT2D eigenvalue weighted by molar-refractivity contribution is -0.199. The summed E-state index contributed by atoms with van der Waals surface area (Å²) in [6, 6.07) is 0. The van der Waals surface area contributed by atoms with Gasteiger partial charge in [-0.3, -0.25) is 9.47 Å². The van der Waals surface area contributed by atoms with E-state index in [0.717, 1.165) is 0 Å². The summed E-state index contributed by atoms with van der Waals surface area (Å²) in [6.07, 6.45) is 7.85. The van der Waals surface area contributed by atoms with Gasteiger partial charge in [-0.25, -0.2) is 19.7 Å². The fourth-order valence-corrected chi connectivity index (χ4v) is 6.32. The molecule has 5 rings (SSSR count). The van der Waals surface area contributed by atoms with Gasteiger partial charge in [-0.1, -0.05) is 20.8 Å². The fraction of sp³-hybridized carbons (Fsp3) is 0.742. The van der Waals surface area contributed by atoms with Crippen LogP contribution in [0.4, 0.5) is 10.6 Å². The third-order valence-corrected chi connectivity index (χ3v) is 13.3. The minimum absolute atomic E-state index is 0.0488. The Balaban J connectivity index is 1.44. The molecule has 45 heavy (non-hydrogen) atoms. The average Bonchev–Trinajstić information content (AvgIpc) is 3.26. The lowest BCUT2D eigenvalue weighted by Gasteiger charge is -2.37. The summed E-state index contributed by atoms with van der Waals surface area (Å²) in [5.41, 5.74) is -0.416. The van der Waals surface area contributed by atoms with Gasteiger partial charge in [0.05, 0.1) is 12.9 Å². The van der Waals surface area contributed by atoms with E-state index in [4.69, 9.17) is 29.8 Å². The number of carbonyl (C=O) groups is 1. The quantitative estimate of drug-likeness (QED) is 0.227. The summed E-state index contributed by atoms with van der Waals surface area (Å²) < 4.78 is 33.5. The number of ether oxygens (including phenoxy) is 4. The lowest BCUT2D eigenvalue weighted by Crippen LogP contribution is -2.44. The molecule has 0 aromatic carbocycles. The first-order valence-corrected chi connectivity index (χ1v) is 18.5. The topological polar surface area (TPSA) is 135 Å². The minimum Gasteiger partial charge on any atom is -0.443 e. The van der Waals surface area contributed by atoms with Gasteiger partial charge >= 0.3 is 6.09 Å². The van der Waals surface area contributed by atoms with Crippen molar-refractivity contribution >= 4 is 31.4 Å². The Morgan fingerprint density at radius 2 is 1.78 bits per heavy atom. The van der Waals surface area contributed by atoms with E-state index in [-0.39, 0.29) is 23.8 Å². The number of terminal acetylenes is 1. The summed E-state index contributed by atoms with van der Waals surface area (Å²) in [5.74, 6) is 2.16. The first-order chi connectivity index (χ1) is 20.9. The molecule has 0 bridgehead atoms. The maximum absolute atomic E-state index is 13.5. The standard InChI is InChI=1S/C31H47N7O6Si/c1-12-13-14-31(35-36-31)15-16-37(27(39)44-28(2,3)4)24-21-25(33-18-32-24)38(19-34-21)26-23-22(42-30(8,9)43-23)20(41-26)17-40-45(10,11)29(5,6)7/h1,18-20,22-23,26H,13-17H2,2-11H3/t20-,22?,23+,26-/m0/s1. The highest BCUT2D eigenvalue weighted by Crippen LogP contribution is 2.45. The zero-order chi connectivity index (χ0) is 33.0. The van der Waals surface area contributed by atoms with Crippen LogP contribution in [-0.2, 0) is 23.4 Å². The van der Waals surface area contributed by atoms with E-state index in [1.165, 1.54) is 11.2 Å². The number of hydrogen-bond acceptors (Lipinski definition) is 11. The fourth-order valence-electron chi connectivity index (χ4n) is 5.31. The van der Waals surface area contributed by atoms with E-state index in [2.05, 4.69) is 65.0 Å². The highest BCUT2D eigenvalue weighted by Gasteiger charge is 2.57. The molecular formula is C31H47N7O6Si. The molecule has 13 nitrogen and oxygen atoms in total. The lowest BCUT2D eigenvalue weighted by atomic mass is 10.0. The van der Waals surface area contributed by atoms with E-state index in [1.807, 2.05) is 39.2 Å². The number of rotatable bonds is 10. The molecule has 0 radical (unpaired) electrons. The zero-order valence-electron chi connectivity index (χ0n) is 28.2. The molecule has 0 N–H and O–H groups in total. The summed E-state index contributed by atoms with van der Waals surface area (Å²) in [5, 5.41) is 8.51. The number of aromatic nitrogens is 4. The van der Waals surface area contributed by atoms with Crippen LogP contribution in [0.2, 0.25) is 18.1 Å². The highest BCUT2D eigenvalue weighted by molar-refractivity contribution is 6.74. The third-order valence-electron chi connectivity index (χ3n) is 8.81. The van der Waals surface area contributed by atoms with Gasteiger partial charge in [0.15, 0.2) is 43.0 Å². The van der Waals surface area contributed by atoms with Gasteiger partial charge in [0.25, 0.3) is 0 Å². The number of amides is 1. The molecule has 4 atom stereocenters. The number of fused-ring (bicyclic) bond motifs is 2. The Morgan fingerprint density at radius 1 is 1.09 bits per heavy atom. The Morgan fingerprint density at radius 3 is 2.40 bits per heavy atom. The van der Waals surface area contributed by atoms with E-state index in [9.17, 15) is 4.79 Å². The van der Waals surface area contributed by atoms with Crippen LogP contribution in [-0.4, -0.2) is 82.4 Å². The Labute approximate surface area is 266 Å². The van der Waals surface area contributed by atoms with Crippen molar-refractivity contribution in [2.24, 2.45) is 10.2 Å². The molecular weight excluding hydrogens is 594 g/mol. The SMILES string of the molecule is C#CCCC1(CCN(C(=O)OC(C)(C)C)c2ncnc3c2ncn3[C@H]2O[C@@H](CO[Si](C)(C)C(C)(C)C)C3OC(C)(C)O[C@H]32)N=N1. The molecule has 2 saturated heterocycles. The average molecular weight is 642 g/mol. The van der Waals surface area contributed by atoms with Crippen molar-refractivity contribution < 1.29 is 28.2 Å². The molecule has 246 valence electrons. The zero-order valence-corrected chi connectivity index (χ0v) is 29.2. The van der Waals surface area contributed by atoms with Gasteiger partial charge < -0.3 is 23.4 Å². The van der Waals surface area contributed by atoms with Crippen molar-refractivity contribution in [3.8, 4) is 12.3 Å². The van der Waals surface area contributed by atoms with Crippen molar-refractivity contribution in [1.29, 1.82) is 0 Å². The van der Waals surface area contributed by atoms with Crippen molar-refractivity contribution in [3.05, 3.63) is 12.7 Å². The summed E-state index contributed by atoms with van der Waals surface area (Å²) in [7, 11) is -2.05. The second kappa shape index (κ2) is 11.7. The predicted molar refractivity (Wildman–Crippen MR) is 170 cm³/mol. The molecule has 2 aromatic heterocycles. The van der Waals surface area contributed by atoms with Crippen molar-refractivity contribution in [1.82, 2.24) is 19.5 Å². The number of hydrogen-bond donors (Lipinski definition) is 0. The van der Waals surface area contributed by atoms with E-state index in [1.54, 1.807) is 6.33 Å². The van der Waals surface area contributed by atoms with Crippen molar-refractivity contribution in [3.63, 3.8) is 0 Å². The summed E-state index contributed by atoms with van der Waals surface area (Å²) in [6.45, 7) is 20.9. The first-order valence-electron chi connectivity index (χ1n) is 15.6. The van der Waals surface area contributed by atoms with Crippen LogP contribution in [0.25, 0.3) is 11.2 Å². The summed E-state index contributed by atoms with van der Waals surface area (Å²) in [4.78, 5) is 28.8. The van der Waals surface area contributed by atoms with Crippen LogP contribution in [0.3, 0.4) is 0 Å². The molecule has 3 aliphatic rings. The second-order valence-electron chi connectivity index (χ2n) is 15.0. The van der Waals surface area contributed by atoms with Crippen LogP contribution in [0.1, 0.15) is 80.9 Å². The monoisotopic (exact) mass is 641 g/mol. The third kappa shape index (κ3) is 7.07. The van der Waals surface area contributed by atoms with Gasteiger partial charge in [-0.05, 0) is 52.8 Å². The van der Waals surface area contributed by atoms with Gasteiger partial charge in [-0.15, -0.1) is 12.3 Å². The Hall–Kier alpha value is -2.96. The molecule has 2 aromatic rings. The molecule has 0 spiro atoms. The number of nitrogens with zero attached hydrogens (tertiary/aromatic N) is 7. The molecule has 0 saturated carbocycles. The molecule has 14 heteroatoms. The van der Waals surface area contributed by atoms with Gasteiger partial charge in [0.2, 0.25) is 0 Å². The second-order valence-corrected chi connectivity index (χ2v) is 19.8. The maximum Gasteiger partial charge on any atom is 0.416 e. The van der Waals surface area contributed by atoms with Gasteiger partial charge in [-0.2, -0.15) is 10.2 Å². The normalized spacial score (nSPS) is 25.3. The Kier molecular flexibility index (Phi) is 8.67. The molecule has 0 aliphatic carbocycles. The van der Waals surface area contributed by atoms with Gasteiger partial charge in [0, 0.05) is 25.8 Å². The van der Waals surface area contributed by atoms with E-state index >= 15 is 0 Å². The van der Waals surface area contributed by atoms with Crippen LogP contribution < -0.4 is 4.90 Å². The number of carbonyl (C=O) groups excluding carboxylic acids is 1. The van der Waals surface area contributed by atoms with E-state index < -0.39 is 43.8 Å². The van der Waals surface area contributed by atoms with Crippen LogP contribution in [0.15, 0.2) is 22.9 Å². The highest BCUT2D eigenvalue weighted by atomic mass is 28.4. The molecule has 1 amide bonds. The molecule has 2 fully saturated rings. The first kappa shape index (κ1) is 33.4. The largest absolute Gasteiger partial charge is 0.443 e.